The van der Waals surface area contributed by atoms with Crippen LogP contribution in [0.2, 0.25) is 0 Å². The number of aromatic nitrogens is 1. The summed E-state index contributed by atoms with van der Waals surface area (Å²) in [5.74, 6) is -0.394. The van der Waals surface area contributed by atoms with E-state index in [4.69, 9.17) is 10.8 Å². The average Bonchev–Trinajstić information content (AvgIpc) is 2.26. The number of carboxylic acids is 1. The third-order valence-electron chi connectivity index (χ3n) is 2.20. The van der Waals surface area contributed by atoms with Crippen LogP contribution in [-0.4, -0.2) is 22.6 Å². The zero-order chi connectivity index (χ0) is 11.5. The van der Waals surface area contributed by atoms with Crippen molar-refractivity contribution in [2.75, 3.05) is 17.6 Å². The van der Waals surface area contributed by atoms with Crippen molar-refractivity contribution in [2.24, 2.45) is 0 Å². The molecule has 0 fully saturated rings. The predicted octanol–water partition coefficient (Wildman–Crippen LogP) is 1.31. The van der Waals surface area contributed by atoms with Crippen LogP contribution in [0.3, 0.4) is 0 Å². The summed E-state index contributed by atoms with van der Waals surface area (Å²) in [6.07, 6.45) is 1.63. The molecule has 0 bridgehead atoms. The van der Waals surface area contributed by atoms with Crippen LogP contribution in [0, 0.1) is 0 Å². The Morgan fingerprint density at radius 2 is 2.25 bits per heavy atom. The number of hydrogen-bond donors (Lipinski definition) is 3. The maximum atomic E-state index is 10.5. The lowest BCUT2D eigenvalue weighted by molar-refractivity contribution is -0.134. The third kappa shape index (κ3) is 2.03. The van der Waals surface area contributed by atoms with Crippen LogP contribution in [0.15, 0.2) is 30.5 Å². The van der Waals surface area contributed by atoms with Crippen LogP contribution in [-0.2, 0) is 4.79 Å². The number of benzene rings is 1. The first-order chi connectivity index (χ1) is 7.66. The zero-order valence-corrected chi connectivity index (χ0v) is 8.47. The van der Waals surface area contributed by atoms with Gasteiger partial charge in [0.05, 0.1) is 0 Å². The Balaban J connectivity index is 2.43. The van der Waals surface area contributed by atoms with E-state index in [9.17, 15) is 4.79 Å². The summed E-state index contributed by atoms with van der Waals surface area (Å²) in [7, 11) is 0. The normalized spacial score (nSPS) is 10.2. The number of aliphatic carboxylic acids is 1. The number of pyridine rings is 1. The van der Waals surface area contributed by atoms with Gasteiger partial charge in [0.1, 0.15) is 12.4 Å². The minimum atomic E-state index is -0.928. The van der Waals surface area contributed by atoms with Gasteiger partial charge in [-0.3, -0.25) is 4.79 Å². The topological polar surface area (TPSA) is 88.2 Å². The molecule has 82 valence electrons. The molecule has 1 aromatic carbocycles. The molecule has 5 nitrogen and oxygen atoms in total. The molecule has 16 heavy (non-hydrogen) atoms. The fourth-order valence-electron chi connectivity index (χ4n) is 1.49. The van der Waals surface area contributed by atoms with Gasteiger partial charge in [0, 0.05) is 17.3 Å². The van der Waals surface area contributed by atoms with Crippen LogP contribution >= 0.6 is 0 Å². The summed E-state index contributed by atoms with van der Waals surface area (Å²) >= 11 is 0. The lowest BCUT2D eigenvalue weighted by Gasteiger charge is -2.07. The van der Waals surface area contributed by atoms with Crippen molar-refractivity contribution >= 4 is 28.2 Å². The molecule has 1 heterocycles. The van der Waals surface area contributed by atoms with E-state index < -0.39 is 5.97 Å². The molecule has 0 unspecified atom stereocenters. The molecule has 0 amide bonds. The van der Waals surface area contributed by atoms with Gasteiger partial charge >= 0.3 is 5.97 Å². The van der Waals surface area contributed by atoms with Gasteiger partial charge in [0.15, 0.2) is 0 Å². The summed E-state index contributed by atoms with van der Waals surface area (Å²) in [6, 6.07) is 7.29. The highest BCUT2D eigenvalue weighted by molar-refractivity contribution is 5.94. The fourth-order valence-corrected chi connectivity index (χ4v) is 1.49. The first-order valence-electron chi connectivity index (χ1n) is 4.77. The monoisotopic (exact) mass is 217 g/mol. The molecule has 0 spiro atoms. The molecule has 0 aliphatic rings. The molecule has 0 aliphatic carbocycles. The standard InChI is InChI=1S/C11H11N3O2/c12-8-2-1-7-3-4-13-11(9(7)5-8)14-6-10(15)16/h1-5H,6,12H2,(H,13,14)(H,15,16). The van der Waals surface area contributed by atoms with Crippen LogP contribution in [0.5, 0.6) is 0 Å². The van der Waals surface area contributed by atoms with Crippen molar-refractivity contribution in [1.29, 1.82) is 0 Å². The van der Waals surface area contributed by atoms with Gasteiger partial charge < -0.3 is 16.2 Å². The number of nitrogens with two attached hydrogens (primary N) is 1. The quantitative estimate of drug-likeness (QED) is 0.674. The fraction of sp³-hybridized carbons (Fsp3) is 0.0909. The van der Waals surface area contributed by atoms with E-state index in [0.717, 1.165) is 10.8 Å². The van der Waals surface area contributed by atoms with Crippen LogP contribution in [0.4, 0.5) is 11.5 Å². The maximum Gasteiger partial charge on any atom is 0.322 e. The van der Waals surface area contributed by atoms with E-state index >= 15 is 0 Å². The molecule has 2 aromatic rings. The summed E-state index contributed by atoms with van der Waals surface area (Å²) in [6.45, 7) is -0.166. The van der Waals surface area contributed by atoms with E-state index in [0.29, 0.717) is 11.5 Å². The Bertz CT molecular complexity index is 540. The lowest BCUT2D eigenvalue weighted by Crippen LogP contribution is -2.13. The molecule has 0 saturated carbocycles. The highest BCUT2D eigenvalue weighted by atomic mass is 16.4. The number of rotatable bonds is 3. The Morgan fingerprint density at radius 1 is 1.44 bits per heavy atom. The molecule has 2 rings (SSSR count). The summed E-state index contributed by atoms with van der Waals surface area (Å²) in [5, 5.41) is 13.1. The van der Waals surface area contributed by atoms with Crippen LogP contribution in [0.25, 0.3) is 10.8 Å². The zero-order valence-electron chi connectivity index (χ0n) is 8.47. The Labute approximate surface area is 91.9 Å². The third-order valence-corrected chi connectivity index (χ3v) is 2.20. The number of nitrogens with one attached hydrogen (secondary N) is 1. The van der Waals surface area contributed by atoms with Crippen molar-refractivity contribution < 1.29 is 9.90 Å². The van der Waals surface area contributed by atoms with Gasteiger partial charge in [-0.05, 0) is 23.6 Å². The van der Waals surface area contributed by atoms with E-state index in [-0.39, 0.29) is 6.54 Å². The van der Waals surface area contributed by atoms with Crippen molar-refractivity contribution in [3.63, 3.8) is 0 Å². The van der Waals surface area contributed by atoms with Gasteiger partial charge in [0.25, 0.3) is 0 Å². The van der Waals surface area contributed by atoms with Gasteiger partial charge in [-0.25, -0.2) is 4.98 Å². The molecule has 0 saturated heterocycles. The van der Waals surface area contributed by atoms with E-state index in [2.05, 4.69) is 10.3 Å². The van der Waals surface area contributed by atoms with Crippen LogP contribution < -0.4 is 11.1 Å². The van der Waals surface area contributed by atoms with Gasteiger partial charge in [0.2, 0.25) is 0 Å². The Kier molecular flexibility index (Phi) is 2.59. The smallest absolute Gasteiger partial charge is 0.322 e. The first-order valence-corrected chi connectivity index (χ1v) is 4.77. The summed E-state index contributed by atoms with van der Waals surface area (Å²) in [4.78, 5) is 14.6. The summed E-state index contributed by atoms with van der Waals surface area (Å²) in [5.41, 5.74) is 6.30. The van der Waals surface area contributed by atoms with E-state index in [1.807, 2.05) is 12.1 Å². The lowest BCUT2D eigenvalue weighted by atomic mass is 10.1. The number of fused-ring (bicyclic) bond motifs is 1. The molecular formula is C11H11N3O2. The predicted molar refractivity (Wildman–Crippen MR) is 62.3 cm³/mol. The second-order valence-corrected chi connectivity index (χ2v) is 3.39. The van der Waals surface area contributed by atoms with Crippen molar-refractivity contribution in [1.82, 2.24) is 4.98 Å². The number of carboxylic acid groups (broad SMARTS) is 1. The molecule has 0 radical (unpaired) electrons. The Morgan fingerprint density at radius 3 is 3.00 bits per heavy atom. The number of anilines is 2. The van der Waals surface area contributed by atoms with Crippen LogP contribution in [0.1, 0.15) is 0 Å². The molecule has 0 aliphatic heterocycles. The van der Waals surface area contributed by atoms with Gasteiger partial charge in [-0.15, -0.1) is 0 Å². The second kappa shape index (κ2) is 4.06. The first kappa shape index (κ1) is 10.2. The number of nitrogen functional groups attached to an aromatic ring is 1. The minimum absolute atomic E-state index is 0.166. The largest absolute Gasteiger partial charge is 0.480 e. The SMILES string of the molecule is Nc1ccc2ccnc(NCC(=O)O)c2c1. The second-order valence-electron chi connectivity index (χ2n) is 3.39. The summed E-state index contributed by atoms with van der Waals surface area (Å²) < 4.78 is 0. The van der Waals surface area contributed by atoms with Crippen molar-refractivity contribution in [3.8, 4) is 0 Å². The molecule has 1 aromatic heterocycles. The van der Waals surface area contributed by atoms with E-state index in [1.165, 1.54) is 0 Å². The molecule has 0 atom stereocenters. The van der Waals surface area contributed by atoms with Crippen molar-refractivity contribution in [3.05, 3.63) is 30.5 Å². The molecular weight excluding hydrogens is 206 g/mol. The minimum Gasteiger partial charge on any atom is -0.480 e. The Hall–Kier alpha value is -2.30. The van der Waals surface area contributed by atoms with Crippen molar-refractivity contribution in [2.45, 2.75) is 0 Å². The molecule has 4 N–H and O–H groups in total. The average molecular weight is 217 g/mol. The number of hydrogen-bond acceptors (Lipinski definition) is 4. The highest BCUT2D eigenvalue weighted by Crippen LogP contribution is 2.22. The van der Waals surface area contributed by atoms with E-state index in [1.54, 1.807) is 18.3 Å². The van der Waals surface area contributed by atoms with Gasteiger partial charge in [-0.1, -0.05) is 6.07 Å². The number of nitrogens with zero attached hydrogens (tertiary/aromatic N) is 1. The van der Waals surface area contributed by atoms with Gasteiger partial charge in [-0.2, -0.15) is 0 Å². The highest BCUT2D eigenvalue weighted by Gasteiger charge is 2.04. The number of carbonyl (C=O) groups is 1. The maximum absolute atomic E-state index is 10.5. The molecule has 5 heteroatoms.